The number of aromatic nitrogens is 1. The summed E-state index contributed by atoms with van der Waals surface area (Å²) in [6.07, 6.45) is 4.68. The van der Waals surface area contributed by atoms with Crippen LogP contribution in [0.25, 0.3) is 0 Å². The minimum atomic E-state index is -0.709. The molecular formula is C12H15NO3. The molecular weight excluding hydrogens is 206 g/mol. The van der Waals surface area contributed by atoms with Crippen molar-refractivity contribution in [2.45, 2.75) is 31.7 Å². The summed E-state index contributed by atoms with van der Waals surface area (Å²) in [5.74, 6) is -0.936. The number of aliphatic carboxylic acids is 1. The van der Waals surface area contributed by atoms with E-state index in [0.29, 0.717) is 12.8 Å². The van der Waals surface area contributed by atoms with E-state index >= 15 is 0 Å². The molecule has 1 aliphatic rings. The van der Waals surface area contributed by atoms with Gasteiger partial charge in [-0.2, -0.15) is 0 Å². The van der Waals surface area contributed by atoms with Crippen LogP contribution in [-0.2, 0) is 4.79 Å². The molecule has 86 valence electrons. The first kappa shape index (κ1) is 10.9. The van der Waals surface area contributed by atoms with E-state index in [2.05, 4.69) is 0 Å². The quantitative estimate of drug-likeness (QED) is 0.826. The van der Waals surface area contributed by atoms with Crippen LogP contribution in [0.5, 0.6) is 0 Å². The van der Waals surface area contributed by atoms with Gasteiger partial charge in [-0.1, -0.05) is 6.07 Å². The molecule has 1 aromatic rings. The maximum absolute atomic E-state index is 11.6. The molecule has 0 unspecified atom stereocenters. The second-order valence-corrected chi connectivity index (χ2v) is 4.29. The van der Waals surface area contributed by atoms with Gasteiger partial charge in [-0.05, 0) is 31.7 Å². The first-order valence-electron chi connectivity index (χ1n) is 5.58. The molecule has 16 heavy (non-hydrogen) atoms. The van der Waals surface area contributed by atoms with E-state index in [-0.39, 0.29) is 17.5 Å². The summed E-state index contributed by atoms with van der Waals surface area (Å²) in [6.45, 7) is 0. The molecule has 1 aromatic heterocycles. The third kappa shape index (κ3) is 2.15. The Morgan fingerprint density at radius 3 is 2.50 bits per heavy atom. The van der Waals surface area contributed by atoms with Crippen molar-refractivity contribution >= 4 is 5.97 Å². The molecule has 0 radical (unpaired) electrons. The van der Waals surface area contributed by atoms with Gasteiger partial charge < -0.3 is 9.67 Å². The number of nitrogens with zero attached hydrogens (tertiary/aromatic N) is 1. The average molecular weight is 221 g/mol. The van der Waals surface area contributed by atoms with Crippen LogP contribution in [0.4, 0.5) is 0 Å². The van der Waals surface area contributed by atoms with Gasteiger partial charge in [0.05, 0.1) is 5.92 Å². The molecule has 4 heteroatoms. The van der Waals surface area contributed by atoms with Crippen molar-refractivity contribution in [2.24, 2.45) is 5.92 Å². The van der Waals surface area contributed by atoms with Crippen LogP contribution < -0.4 is 5.56 Å². The van der Waals surface area contributed by atoms with Gasteiger partial charge in [0.1, 0.15) is 0 Å². The predicted octanol–water partition coefficient (Wildman–Crippen LogP) is 1.66. The molecule has 4 nitrogen and oxygen atoms in total. The van der Waals surface area contributed by atoms with E-state index < -0.39 is 5.97 Å². The summed E-state index contributed by atoms with van der Waals surface area (Å²) in [5, 5.41) is 8.88. The van der Waals surface area contributed by atoms with Gasteiger partial charge in [-0.15, -0.1) is 0 Å². The minimum Gasteiger partial charge on any atom is -0.481 e. The van der Waals surface area contributed by atoms with Gasteiger partial charge in [0, 0.05) is 18.3 Å². The summed E-state index contributed by atoms with van der Waals surface area (Å²) >= 11 is 0. The zero-order valence-corrected chi connectivity index (χ0v) is 9.00. The Hall–Kier alpha value is -1.58. The van der Waals surface area contributed by atoms with Gasteiger partial charge in [-0.3, -0.25) is 9.59 Å². The standard InChI is InChI=1S/C12H15NO3/c14-11-3-1-2-8-13(11)10-6-4-9(5-7-10)12(15)16/h1-3,8-10H,4-7H2,(H,15,16). The number of rotatable bonds is 2. The number of hydrogen-bond donors (Lipinski definition) is 1. The third-order valence-electron chi connectivity index (χ3n) is 3.29. The lowest BCUT2D eigenvalue weighted by Gasteiger charge is -2.27. The predicted molar refractivity (Wildman–Crippen MR) is 59.3 cm³/mol. The highest BCUT2D eigenvalue weighted by atomic mass is 16.4. The Morgan fingerprint density at radius 1 is 1.25 bits per heavy atom. The number of carboxylic acids is 1. The largest absolute Gasteiger partial charge is 0.481 e. The molecule has 0 aromatic carbocycles. The van der Waals surface area contributed by atoms with Crippen molar-refractivity contribution in [3.63, 3.8) is 0 Å². The highest BCUT2D eigenvalue weighted by Crippen LogP contribution is 2.31. The van der Waals surface area contributed by atoms with Crippen molar-refractivity contribution in [3.8, 4) is 0 Å². The normalized spacial score (nSPS) is 25.2. The fraction of sp³-hybridized carbons (Fsp3) is 0.500. The third-order valence-corrected chi connectivity index (χ3v) is 3.29. The molecule has 0 saturated heterocycles. The maximum Gasteiger partial charge on any atom is 0.306 e. The molecule has 0 bridgehead atoms. The fourth-order valence-electron chi connectivity index (χ4n) is 2.34. The van der Waals surface area contributed by atoms with Crippen molar-refractivity contribution in [1.82, 2.24) is 4.57 Å². The molecule has 0 atom stereocenters. The van der Waals surface area contributed by atoms with Crippen LogP contribution in [0.1, 0.15) is 31.7 Å². The summed E-state index contributed by atoms with van der Waals surface area (Å²) in [6, 6.07) is 5.28. The topological polar surface area (TPSA) is 59.3 Å². The van der Waals surface area contributed by atoms with Gasteiger partial charge >= 0.3 is 5.97 Å². The number of pyridine rings is 1. The van der Waals surface area contributed by atoms with E-state index in [1.54, 1.807) is 22.9 Å². The van der Waals surface area contributed by atoms with Crippen LogP contribution in [0.2, 0.25) is 0 Å². The van der Waals surface area contributed by atoms with Gasteiger partial charge in [-0.25, -0.2) is 0 Å². The lowest BCUT2D eigenvalue weighted by Crippen LogP contribution is -2.28. The van der Waals surface area contributed by atoms with Crippen LogP contribution >= 0.6 is 0 Å². The molecule has 1 N–H and O–H groups in total. The highest BCUT2D eigenvalue weighted by molar-refractivity contribution is 5.70. The summed E-state index contributed by atoms with van der Waals surface area (Å²) in [7, 11) is 0. The van der Waals surface area contributed by atoms with Crippen molar-refractivity contribution in [2.75, 3.05) is 0 Å². The zero-order chi connectivity index (χ0) is 11.5. The number of hydrogen-bond acceptors (Lipinski definition) is 2. The first-order chi connectivity index (χ1) is 7.68. The maximum atomic E-state index is 11.6. The monoisotopic (exact) mass is 221 g/mol. The van der Waals surface area contributed by atoms with Crippen LogP contribution in [-0.4, -0.2) is 15.6 Å². The summed E-state index contributed by atoms with van der Waals surface area (Å²) in [5.41, 5.74) is 0.00118. The Balaban J connectivity index is 2.08. The lowest BCUT2D eigenvalue weighted by atomic mass is 9.86. The molecule has 1 heterocycles. The van der Waals surface area contributed by atoms with Crippen molar-refractivity contribution in [3.05, 3.63) is 34.7 Å². The molecule has 0 amide bonds. The smallest absolute Gasteiger partial charge is 0.306 e. The van der Waals surface area contributed by atoms with Crippen LogP contribution in [0, 0.1) is 5.92 Å². The zero-order valence-electron chi connectivity index (χ0n) is 9.00. The van der Waals surface area contributed by atoms with Crippen LogP contribution in [0.3, 0.4) is 0 Å². The van der Waals surface area contributed by atoms with E-state index in [1.165, 1.54) is 0 Å². The van der Waals surface area contributed by atoms with Crippen molar-refractivity contribution < 1.29 is 9.90 Å². The Bertz CT molecular complexity index is 430. The lowest BCUT2D eigenvalue weighted by molar-refractivity contribution is -0.143. The van der Waals surface area contributed by atoms with E-state index in [9.17, 15) is 9.59 Å². The molecule has 1 saturated carbocycles. The number of carboxylic acid groups (broad SMARTS) is 1. The van der Waals surface area contributed by atoms with Gasteiger partial charge in [0.2, 0.25) is 0 Å². The molecule has 0 aliphatic heterocycles. The Kier molecular flexibility index (Phi) is 3.08. The summed E-state index contributed by atoms with van der Waals surface area (Å²) < 4.78 is 1.72. The van der Waals surface area contributed by atoms with E-state index in [0.717, 1.165) is 12.8 Å². The number of carbonyl (C=O) groups is 1. The molecule has 2 rings (SSSR count). The highest BCUT2D eigenvalue weighted by Gasteiger charge is 2.26. The van der Waals surface area contributed by atoms with Gasteiger partial charge in [0.15, 0.2) is 0 Å². The second-order valence-electron chi connectivity index (χ2n) is 4.29. The fourth-order valence-corrected chi connectivity index (χ4v) is 2.34. The molecule has 1 aliphatic carbocycles. The minimum absolute atomic E-state index is 0.00118. The average Bonchev–Trinajstić information content (AvgIpc) is 2.30. The van der Waals surface area contributed by atoms with Crippen LogP contribution in [0.15, 0.2) is 29.2 Å². The van der Waals surface area contributed by atoms with E-state index in [4.69, 9.17) is 5.11 Å². The Labute approximate surface area is 93.5 Å². The Morgan fingerprint density at radius 2 is 1.94 bits per heavy atom. The molecule has 1 fully saturated rings. The molecule has 0 spiro atoms. The summed E-state index contributed by atoms with van der Waals surface area (Å²) in [4.78, 5) is 22.4. The van der Waals surface area contributed by atoms with E-state index in [1.807, 2.05) is 6.07 Å². The first-order valence-corrected chi connectivity index (χ1v) is 5.58. The second kappa shape index (κ2) is 4.51. The van der Waals surface area contributed by atoms with Crippen molar-refractivity contribution in [1.29, 1.82) is 0 Å². The SMILES string of the molecule is O=C(O)C1CCC(n2ccccc2=O)CC1. The van der Waals surface area contributed by atoms with Gasteiger partial charge in [0.25, 0.3) is 5.56 Å².